The van der Waals surface area contributed by atoms with Crippen molar-refractivity contribution in [2.45, 2.75) is 26.8 Å². The molecule has 0 saturated heterocycles. The zero-order chi connectivity index (χ0) is 17.7. The molecule has 5 nitrogen and oxygen atoms in total. The third kappa shape index (κ3) is 3.85. The molecular weight excluding hydrogens is 304 g/mol. The Morgan fingerprint density at radius 3 is 2.21 bits per heavy atom. The van der Waals surface area contributed by atoms with E-state index in [1.165, 1.54) is 0 Å². The number of methoxy groups -OCH3 is 2. The van der Waals surface area contributed by atoms with E-state index in [-0.39, 0.29) is 17.9 Å². The number of hydrogen-bond donors (Lipinski definition) is 1. The predicted molar refractivity (Wildman–Crippen MR) is 93.6 cm³/mol. The van der Waals surface area contributed by atoms with Gasteiger partial charge in [0.05, 0.1) is 26.0 Å². The Kier molecular flexibility index (Phi) is 5.79. The molecule has 0 bridgehead atoms. The predicted octanol–water partition coefficient (Wildman–Crippen LogP) is 3.53. The van der Waals surface area contributed by atoms with Crippen LogP contribution in [0, 0.1) is 12.8 Å². The Labute approximate surface area is 143 Å². The van der Waals surface area contributed by atoms with Crippen LogP contribution in [0.25, 0.3) is 0 Å². The first-order valence-electron chi connectivity index (χ1n) is 7.92. The molecule has 1 N–H and O–H groups in total. The van der Waals surface area contributed by atoms with Gasteiger partial charge in [-0.3, -0.25) is 9.78 Å². The van der Waals surface area contributed by atoms with Crippen molar-refractivity contribution in [3.8, 4) is 11.5 Å². The molecule has 128 valence electrons. The van der Waals surface area contributed by atoms with E-state index in [0.29, 0.717) is 17.1 Å². The quantitative estimate of drug-likeness (QED) is 0.881. The summed E-state index contributed by atoms with van der Waals surface area (Å²) in [5.41, 5.74) is 2.20. The first-order valence-corrected chi connectivity index (χ1v) is 7.92. The molecule has 0 aliphatic carbocycles. The molecule has 1 heterocycles. The Bertz CT molecular complexity index is 674. The van der Waals surface area contributed by atoms with Gasteiger partial charge in [0.15, 0.2) is 0 Å². The summed E-state index contributed by atoms with van der Waals surface area (Å²) >= 11 is 0. The van der Waals surface area contributed by atoms with E-state index in [0.717, 1.165) is 11.3 Å². The van der Waals surface area contributed by atoms with Gasteiger partial charge in [0.1, 0.15) is 11.5 Å². The maximum Gasteiger partial charge on any atom is 0.252 e. The Morgan fingerprint density at radius 2 is 1.75 bits per heavy atom. The summed E-state index contributed by atoms with van der Waals surface area (Å²) in [6, 6.07) is 8.98. The van der Waals surface area contributed by atoms with Crippen LogP contribution in [0.1, 0.15) is 41.5 Å². The van der Waals surface area contributed by atoms with Gasteiger partial charge in [0.25, 0.3) is 5.91 Å². The number of rotatable bonds is 6. The number of carbonyl (C=O) groups is 1. The SMILES string of the molecule is COc1cc(C(=O)NC(c2ccccn2)C(C)C)cc(OC)c1C. The van der Waals surface area contributed by atoms with Crippen LogP contribution in [0.3, 0.4) is 0 Å². The molecule has 0 saturated carbocycles. The first-order chi connectivity index (χ1) is 11.5. The number of carbonyl (C=O) groups excluding carboxylic acids is 1. The molecule has 1 unspecified atom stereocenters. The van der Waals surface area contributed by atoms with E-state index >= 15 is 0 Å². The Balaban J connectivity index is 2.31. The Morgan fingerprint density at radius 1 is 1.12 bits per heavy atom. The topological polar surface area (TPSA) is 60.5 Å². The number of nitrogens with zero attached hydrogens (tertiary/aromatic N) is 1. The van der Waals surface area contributed by atoms with E-state index in [2.05, 4.69) is 24.1 Å². The van der Waals surface area contributed by atoms with E-state index in [9.17, 15) is 4.79 Å². The number of nitrogens with one attached hydrogen (secondary N) is 1. The van der Waals surface area contributed by atoms with E-state index < -0.39 is 0 Å². The summed E-state index contributed by atoms with van der Waals surface area (Å²) in [6.45, 7) is 6.00. The lowest BCUT2D eigenvalue weighted by molar-refractivity contribution is 0.0923. The third-order valence-corrected chi connectivity index (χ3v) is 3.97. The third-order valence-electron chi connectivity index (χ3n) is 3.97. The van der Waals surface area contributed by atoms with Crippen molar-refractivity contribution >= 4 is 5.91 Å². The van der Waals surface area contributed by atoms with Gasteiger partial charge in [-0.15, -0.1) is 0 Å². The molecule has 1 amide bonds. The second kappa shape index (κ2) is 7.81. The van der Waals surface area contributed by atoms with Crippen molar-refractivity contribution in [1.29, 1.82) is 0 Å². The summed E-state index contributed by atoms with van der Waals surface area (Å²) in [5.74, 6) is 1.27. The number of aromatic nitrogens is 1. The molecule has 5 heteroatoms. The summed E-state index contributed by atoms with van der Waals surface area (Å²) in [6.07, 6.45) is 1.73. The van der Waals surface area contributed by atoms with Crippen LogP contribution < -0.4 is 14.8 Å². The summed E-state index contributed by atoms with van der Waals surface area (Å²) in [4.78, 5) is 17.1. The van der Waals surface area contributed by atoms with Crippen LogP contribution in [-0.2, 0) is 0 Å². The van der Waals surface area contributed by atoms with Crippen molar-refractivity contribution in [2.24, 2.45) is 5.92 Å². The summed E-state index contributed by atoms with van der Waals surface area (Å²) in [7, 11) is 3.16. The smallest absolute Gasteiger partial charge is 0.252 e. The highest BCUT2D eigenvalue weighted by Gasteiger charge is 2.21. The zero-order valence-electron chi connectivity index (χ0n) is 14.8. The van der Waals surface area contributed by atoms with Gasteiger partial charge in [-0.05, 0) is 37.1 Å². The molecule has 2 aromatic rings. The lowest BCUT2D eigenvalue weighted by Crippen LogP contribution is -2.32. The lowest BCUT2D eigenvalue weighted by Gasteiger charge is -2.22. The maximum atomic E-state index is 12.7. The van der Waals surface area contributed by atoms with Crippen molar-refractivity contribution < 1.29 is 14.3 Å². The van der Waals surface area contributed by atoms with Crippen LogP contribution in [0.2, 0.25) is 0 Å². The fourth-order valence-corrected chi connectivity index (χ4v) is 2.58. The molecule has 1 aromatic heterocycles. The van der Waals surface area contributed by atoms with Crippen LogP contribution in [0.4, 0.5) is 0 Å². The van der Waals surface area contributed by atoms with Gasteiger partial charge in [-0.25, -0.2) is 0 Å². The maximum absolute atomic E-state index is 12.7. The molecule has 0 fully saturated rings. The molecule has 0 spiro atoms. The highest BCUT2D eigenvalue weighted by Crippen LogP contribution is 2.30. The van der Waals surface area contributed by atoms with E-state index in [4.69, 9.17) is 9.47 Å². The van der Waals surface area contributed by atoms with Crippen molar-refractivity contribution in [3.05, 3.63) is 53.3 Å². The largest absolute Gasteiger partial charge is 0.496 e. The van der Waals surface area contributed by atoms with Gasteiger partial charge < -0.3 is 14.8 Å². The highest BCUT2D eigenvalue weighted by molar-refractivity contribution is 5.95. The standard InChI is InChI=1S/C19H24N2O3/c1-12(2)18(15-8-6-7-9-20-15)21-19(22)14-10-16(23-4)13(3)17(11-14)24-5/h6-12,18H,1-5H3,(H,21,22). The Hall–Kier alpha value is -2.56. The van der Waals surface area contributed by atoms with Crippen LogP contribution in [0.5, 0.6) is 11.5 Å². The molecule has 24 heavy (non-hydrogen) atoms. The number of ether oxygens (including phenoxy) is 2. The van der Waals surface area contributed by atoms with Crippen LogP contribution in [-0.4, -0.2) is 25.1 Å². The van der Waals surface area contributed by atoms with Crippen LogP contribution >= 0.6 is 0 Å². The molecule has 1 aromatic carbocycles. The molecular formula is C19H24N2O3. The summed E-state index contributed by atoms with van der Waals surface area (Å²) < 4.78 is 10.7. The average Bonchev–Trinajstić information content (AvgIpc) is 2.60. The number of hydrogen-bond acceptors (Lipinski definition) is 4. The molecule has 2 rings (SSSR count). The van der Waals surface area contributed by atoms with Crippen molar-refractivity contribution in [1.82, 2.24) is 10.3 Å². The lowest BCUT2D eigenvalue weighted by atomic mass is 9.99. The van der Waals surface area contributed by atoms with Gasteiger partial charge in [0, 0.05) is 17.3 Å². The van der Waals surface area contributed by atoms with Crippen molar-refractivity contribution in [2.75, 3.05) is 14.2 Å². The minimum atomic E-state index is -0.184. The van der Waals surface area contributed by atoms with Gasteiger partial charge in [-0.1, -0.05) is 19.9 Å². The second-order valence-electron chi connectivity index (χ2n) is 5.96. The van der Waals surface area contributed by atoms with Gasteiger partial charge in [-0.2, -0.15) is 0 Å². The fourth-order valence-electron chi connectivity index (χ4n) is 2.58. The molecule has 0 aliphatic rings. The first kappa shape index (κ1) is 17.8. The normalized spacial score (nSPS) is 11.9. The minimum absolute atomic E-state index is 0.169. The van der Waals surface area contributed by atoms with Gasteiger partial charge >= 0.3 is 0 Å². The van der Waals surface area contributed by atoms with E-state index in [1.54, 1.807) is 32.5 Å². The van der Waals surface area contributed by atoms with Crippen molar-refractivity contribution in [3.63, 3.8) is 0 Å². The monoisotopic (exact) mass is 328 g/mol. The number of benzene rings is 1. The van der Waals surface area contributed by atoms with Crippen LogP contribution in [0.15, 0.2) is 36.5 Å². The molecule has 0 radical (unpaired) electrons. The van der Waals surface area contributed by atoms with E-state index in [1.807, 2.05) is 25.1 Å². The second-order valence-corrected chi connectivity index (χ2v) is 5.96. The number of amides is 1. The minimum Gasteiger partial charge on any atom is -0.496 e. The fraction of sp³-hybridized carbons (Fsp3) is 0.368. The average molecular weight is 328 g/mol. The number of pyridine rings is 1. The van der Waals surface area contributed by atoms with Gasteiger partial charge in [0.2, 0.25) is 0 Å². The highest BCUT2D eigenvalue weighted by atomic mass is 16.5. The molecule has 1 atom stereocenters. The molecule has 0 aliphatic heterocycles. The summed E-state index contributed by atoms with van der Waals surface area (Å²) in [5, 5.41) is 3.06. The zero-order valence-corrected chi connectivity index (χ0v) is 14.8.